The Bertz CT molecular complexity index is 382. The fourth-order valence-electron chi connectivity index (χ4n) is 2.19. The van der Waals surface area contributed by atoms with Gasteiger partial charge in [-0.25, -0.2) is 0 Å². The molecule has 1 aliphatic carbocycles. The lowest BCUT2D eigenvalue weighted by Gasteiger charge is -2.13. The maximum atomic E-state index is 12.4. The summed E-state index contributed by atoms with van der Waals surface area (Å²) in [4.78, 5) is 0. The molecule has 4 heteroatoms. The maximum absolute atomic E-state index is 12.4. The quantitative estimate of drug-likeness (QED) is 0.829. The van der Waals surface area contributed by atoms with Crippen molar-refractivity contribution in [3.8, 4) is 0 Å². The molecule has 1 saturated carbocycles. The van der Waals surface area contributed by atoms with E-state index in [1.54, 1.807) is 12.1 Å². The van der Waals surface area contributed by atoms with Crippen LogP contribution in [0.2, 0.25) is 0 Å². The highest BCUT2D eigenvalue weighted by molar-refractivity contribution is 5.35. The molecule has 0 radical (unpaired) electrons. The standard InChI is InChI=1S/C12H14F3N/c1-11(6-10(11)7-16)8-2-4-9(5-3-8)12(13,14)15/h2-5,10H,6-7,16H2,1H3/t10-,11?/m0/s1. The number of rotatable bonds is 2. The van der Waals surface area contributed by atoms with Gasteiger partial charge in [0.25, 0.3) is 0 Å². The first-order valence-corrected chi connectivity index (χ1v) is 5.26. The Labute approximate surface area is 92.5 Å². The maximum Gasteiger partial charge on any atom is 0.416 e. The summed E-state index contributed by atoms with van der Waals surface area (Å²) >= 11 is 0. The van der Waals surface area contributed by atoms with Crippen LogP contribution in [0, 0.1) is 5.92 Å². The molecule has 0 bridgehead atoms. The zero-order valence-corrected chi connectivity index (χ0v) is 9.01. The molecule has 0 aliphatic heterocycles. The summed E-state index contributed by atoms with van der Waals surface area (Å²) < 4.78 is 37.1. The molecule has 88 valence electrons. The van der Waals surface area contributed by atoms with Gasteiger partial charge in [0.15, 0.2) is 0 Å². The van der Waals surface area contributed by atoms with Gasteiger partial charge in [-0.05, 0) is 42.0 Å². The lowest BCUT2D eigenvalue weighted by Crippen LogP contribution is -2.12. The van der Waals surface area contributed by atoms with E-state index in [1.165, 1.54) is 0 Å². The Kier molecular flexibility index (Phi) is 2.49. The molecule has 1 aromatic rings. The van der Waals surface area contributed by atoms with E-state index in [9.17, 15) is 13.2 Å². The molecule has 0 spiro atoms. The van der Waals surface area contributed by atoms with Crippen LogP contribution < -0.4 is 5.73 Å². The molecule has 0 aromatic heterocycles. The lowest BCUT2D eigenvalue weighted by molar-refractivity contribution is -0.137. The van der Waals surface area contributed by atoms with Crippen molar-refractivity contribution in [3.05, 3.63) is 35.4 Å². The SMILES string of the molecule is CC1(c2ccc(C(F)(F)F)cc2)C[C@H]1CN. The van der Waals surface area contributed by atoms with Crippen LogP contribution in [0.3, 0.4) is 0 Å². The highest BCUT2D eigenvalue weighted by atomic mass is 19.4. The van der Waals surface area contributed by atoms with Gasteiger partial charge in [0.1, 0.15) is 0 Å². The molecule has 16 heavy (non-hydrogen) atoms. The van der Waals surface area contributed by atoms with E-state index in [-0.39, 0.29) is 5.41 Å². The van der Waals surface area contributed by atoms with Crippen LogP contribution in [-0.4, -0.2) is 6.54 Å². The van der Waals surface area contributed by atoms with E-state index in [0.717, 1.165) is 24.1 Å². The molecule has 1 aliphatic rings. The van der Waals surface area contributed by atoms with Crippen molar-refractivity contribution in [3.63, 3.8) is 0 Å². The minimum absolute atomic E-state index is 0.0150. The van der Waals surface area contributed by atoms with E-state index in [1.807, 2.05) is 6.92 Å². The van der Waals surface area contributed by atoms with Crippen molar-refractivity contribution in [2.45, 2.75) is 24.9 Å². The van der Waals surface area contributed by atoms with Gasteiger partial charge >= 0.3 is 6.18 Å². The minimum Gasteiger partial charge on any atom is -0.330 e. The number of hydrogen-bond acceptors (Lipinski definition) is 1. The van der Waals surface area contributed by atoms with Gasteiger partial charge in [0.2, 0.25) is 0 Å². The van der Waals surface area contributed by atoms with E-state index in [0.29, 0.717) is 12.5 Å². The topological polar surface area (TPSA) is 26.0 Å². The fraction of sp³-hybridized carbons (Fsp3) is 0.500. The summed E-state index contributed by atoms with van der Waals surface area (Å²) in [7, 11) is 0. The summed E-state index contributed by atoms with van der Waals surface area (Å²) in [5, 5.41) is 0. The molecule has 0 heterocycles. The second-order valence-electron chi connectivity index (χ2n) is 4.63. The van der Waals surface area contributed by atoms with Crippen LogP contribution in [0.15, 0.2) is 24.3 Å². The summed E-state index contributed by atoms with van der Waals surface area (Å²) in [6, 6.07) is 5.43. The van der Waals surface area contributed by atoms with Gasteiger partial charge in [-0.15, -0.1) is 0 Å². The fourth-order valence-corrected chi connectivity index (χ4v) is 2.19. The van der Waals surface area contributed by atoms with Gasteiger partial charge in [-0.1, -0.05) is 19.1 Å². The zero-order chi connectivity index (χ0) is 12.0. The van der Waals surface area contributed by atoms with E-state index in [4.69, 9.17) is 5.73 Å². The van der Waals surface area contributed by atoms with Crippen molar-refractivity contribution >= 4 is 0 Å². The number of benzene rings is 1. The van der Waals surface area contributed by atoms with E-state index < -0.39 is 11.7 Å². The summed E-state index contributed by atoms with van der Waals surface area (Å²) in [5.74, 6) is 0.407. The van der Waals surface area contributed by atoms with Gasteiger partial charge in [-0.2, -0.15) is 13.2 Å². The molecule has 0 amide bonds. The largest absolute Gasteiger partial charge is 0.416 e. The average molecular weight is 229 g/mol. The first-order chi connectivity index (χ1) is 7.38. The monoisotopic (exact) mass is 229 g/mol. The second-order valence-corrected chi connectivity index (χ2v) is 4.63. The third-order valence-electron chi connectivity index (χ3n) is 3.57. The zero-order valence-electron chi connectivity index (χ0n) is 9.01. The Morgan fingerprint density at radius 1 is 1.31 bits per heavy atom. The molecule has 1 aromatic carbocycles. The predicted octanol–water partition coefficient (Wildman–Crippen LogP) is 2.94. The van der Waals surface area contributed by atoms with Gasteiger partial charge in [-0.3, -0.25) is 0 Å². The molecule has 1 nitrogen and oxygen atoms in total. The molecular formula is C12H14F3N. The smallest absolute Gasteiger partial charge is 0.330 e. The van der Waals surface area contributed by atoms with E-state index >= 15 is 0 Å². The predicted molar refractivity (Wildman–Crippen MR) is 56.0 cm³/mol. The van der Waals surface area contributed by atoms with Crippen LogP contribution in [0.1, 0.15) is 24.5 Å². The first-order valence-electron chi connectivity index (χ1n) is 5.26. The number of nitrogens with two attached hydrogens (primary N) is 1. The molecule has 2 atom stereocenters. The van der Waals surface area contributed by atoms with Crippen LogP contribution in [-0.2, 0) is 11.6 Å². The van der Waals surface area contributed by atoms with Gasteiger partial charge in [0.05, 0.1) is 5.56 Å². The summed E-state index contributed by atoms with van der Waals surface area (Å²) in [6.07, 6.45) is -3.29. The summed E-state index contributed by atoms with van der Waals surface area (Å²) in [5.41, 5.74) is 5.91. The molecule has 2 rings (SSSR count). The van der Waals surface area contributed by atoms with Crippen LogP contribution in [0.4, 0.5) is 13.2 Å². The van der Waals surface area contributed by atoms with Gasteiger partial charge < -0.3 is 5.73 Å². The third kappa shape index (κ3) is 1.82. The number of hydrogen-bond donors (Lipinski definition) is 1. The van der Waals surface area contributed by atoms with E-state index in [2.05, 4.69) is 0 Å². The molecule has 2 N–H and O–H groups in total. The average Bonchev–Trinajstić information content (AvgIpc) is 2.90. The molecule has 0 saturated heterocycles. The minimum atomic E-state index is -4.25. The van der Waals surface area contributed by atoms with Crippen LogP contribution in [0.5, 0.6) is 0 Å². The Balaban J connectivity index is 2.21. The highest BCUT2D eigenvalue weighted by Gasteiger charge is 2.50. The van der Waals surface area contributed by atoms with Crippen molar-refractivity contribution in [1.82, 2.24) is 0 Å². The first kappa shape index (κ1) is 11.5. The third-order valence-corrected chi connectivity index (χ3v) is 3.57. The number of halogens is 3. The lowest BCUT2D eigenvalue weighted by atomic mass is 9.94. The summed E-state index contributed by atoms with van der Waals surface area (Å²) in [6.45, 7) is 2.64. The highest BCUT2D eigenvalue weighted by Crippen LogP contribution is 2.53. The normalized spacial score (nSPS) is 29.2. The van der Waals surface area contributed by atoms with Crippen LogP contribution in [0.25, 0.3) is 0 Å². The Morgan fingerprint density at radius 3 is 2.25 bits per heavy atom. The Hall–Kier alpha value is -1.03. The molecule has 1 fully saturated rings. The Morgan fingerprint density at radius 2 is 1.88 bits per heavy atom. The van der Waals surface area contributed by atoms with Crippen molar-refractivity contribution in [1.29, 1.82) is 0 Å². The van der Waals surface area contributed by atoms with Crippen molar-refractivity contribution < 1.29 is 13.2 Å². The second kappa shape index (κ2) is 3.48. The van der Waals surface area contributed by atoms with Crippen molar-refractivity contribution in [2.24, 2.45) is 11.7 Å². The van der Waals surface area contributed by atoms with Crippen LogP contribution >= 0.6 is 0 Å². The molecule has 1 unspecified atom stereocenters. The number of alkyl halides is 3. The van der Waals surface area contributed by atoms with Crippen molar-refractivity contribution in [2.75, 3.05) is 6.54 Å². The molecular weight excluding hydrogens is 215 g/mol. The van der Waals surface area contributed by atoms with Gasteiger partial charge in [0, 0.05) is 0 Å².